The van der Waals surface area contributed by atoms with Crippen LogP contribution < -0.4 is 5.73 Å². The lowest BCUT2D eigenvalue weighted by Gasteiger charge is -2.19. The summed E-state index contributed by atoms with van der Waals surface area (Å²) >= 11 is 1.71. The van der Waals surface area contributed by atoms with Crippen LogP contribution in [0.15, 0.2) is 23.7 Å². The Bertz CT molecular complexity index is 464. The number of hydrogen-bond acceptors (Lipinski definition) is 4. The maximum atomic E-state index is 5.98. The molecule has 0 saturated carbocycles. The highest BCUT2D eigenvalue weighted by atomic mass is 32.1. The van der Waals surface area contributed by atoms with E-state index in [1.807, 2.05) is 24.7 Å². The van der Waals surface area contributed by atoms with E-state index in [2.05, 4.69) is 23.5 Å². The summed E-state index contributed by atoms with van der Waals surface area (Å²) in [4.78, 5) is 1.22. The molecule has 2 unspecified atom stereocenters. The van der Waals surface area contributed by atoms with Crippen LogP contribution in [0.5, 0.6) is 0 Å². The molecular weight excluding hydrogens is 246 g/mol. The van der Waals surface area contributed by atoms with Crippen molar-refractivity contribution in [1.82, 2.24) is 9.78 Å². The largest absolute Gasteiger partial charge is 0.365 e. The van der Waals surface area contributed by atoms with Gasteiger partial charge < -0.3 is 10.5 Å². The quantitative estimate of drug-likeness (QED) is 0.902. The molecule has 0 aliphatic heterocycles. The summed E-state index contributed by atoms with van der Waals surface area (Å²) < 4.78 is 7.83. The van der Waals surface area contributed by atoms with Crippen LogP contribution in [-0.4, -0.2) is 22.4 Å². The highest BCUT2D eigenvalue weighted by Gasteiger charge is 2.21. The molecule has 0 aromatic carbocycles. The van der Waals surface area contributed by atoms with Gasteiger partial charge in [-0.25, -0.2) is 0 Å². The Morgan fingerprint density at radius 3 is 2.78 bits per heavy atom. The van der Waals surface area contributed by atoms with Crippen LogP contribution in [0, 0.1) is 6.92 Å². The first-order valence-corrected chi connectivity index (χ1v) is 6.86. The third-order valence-electron chi connectivity index (χ3n) is 2.79. The van der Waals surface area contributed by atoms with Crippen LogP contribution in [0.3, 0.4) is 0 Å². The maximum Gasteiger partial charge on any atom is 0.134 e. The second-order valence-electron chi connectivity index (χ2n) is 4.54. The second-order valence-corrected chi connectivity index (χ2v) is 5.49. The molecule has 18 heavy (non-hydrogen) atoms. The molecule has 2 rings (SSSR count). The molecule has 0 radical (unpaired) electrons. The summed E-state index contributed by atoms with van der Waals surface area (Å²) in [5, 5.41) is 6.30. The van der Waals surface area contributed by atoms with E-state index in [1.54, 1.807) is 17.5 Å². The lowest BCUT2D eigenvalue weighted by molar-refractivity contribution is 0.0691. The monoisotopic (exact) mass is 265 g/mol. The Labute approximate surface area is 111 Å². The van der Waals surface area contributed by atoms with E-state index in [9.17, 15) is 0 Å². The SMILES string of the molecule is Cc1ccsc1C(OCC(C)N)c1ccnn1C. The van der Waals surface area contributed by atoms with Crippen LogP contribution in [0.25, 0.3) is 0 Å². The zero-order chi connectivity index (χ0) is 13.1. The first-order chi connectivity index (χ1) is 8.59. The Kier molecular flexibility index (Phi) is 4.16. The molecule has 4 nitrogen and oxygen atoms in total. The second kappa shape index (κ2) is 5.65. The molecule has 2 N–H and O–H groups in total. The summed E-state index contributed by atoms with van der Waals surface area (Å²) in [5.41, 5.74) is 8.08. The molecule has 5 heteroatoms. The maximum absolute atomic E-state index is 5.98. The Balaban J connectivity index is 2.29. The lowest BCUT2D eigenvalue weighted by atomic mass is 10.1. The fraction of sp³-hybridized carbons (Fsp3) is 0.462. The minimum Gasteiger partial charge on any atom is -0.365 e. The molecule has 0 amide bonds. The standard InChI is InChI=1S/C13H19N3OS/c1-9-5-7-18-13(9)12(17-8-10(2)14)11-4-6-15-16(11)3/h4-7,10,12H,8,14H2,1-3H3. The van der Waals surface area contributed by atoms with Crippen LogP contribution >= 0.6 is 11.3 Å². The Morgan fingerprint density at radius 1 is 1.50 bits per heavy atom. The molecule has 2 atom stereocenters. The number of aromatic nitrogens is 2. The van der Waals surface area contributed by atoms with Gasteiger partial charge in [-0.1, -0.05) is 0 Å². The smallest absolute Gasteiger partial charge is 0.134 e. The molecule has 0 spiro atoms. The number of aryl methyl sites for hydroxylation is 2. The predicted octanol–water partition coefficient (Wildman–Crippen LogP) is 2.24. The van der Waals surface area contributed by atoms with Gasteiger partial charge in [-0.15, -0.1) is 11.3 Å². The number of nitrogens with two attached hydrogens (primary N) is 1. The van der Waals surface area contributed by atoms with E-state index in [0.717, 1.165) is 5.69 Å². The van der Waals surface area contributed by atoms with Crippen molar-refractivity contribution in [2.75, 3.05) is 6.61 Å². The summed E-state index contributed by atoms with van der Waals surface area (Å²) in [6.45, 7) is 4.58. The van der Waals surface area contributed by atoms with Gasteiger partial charge in [0.1, 0.15) is 6.10 Å². The summed E-state index contributed by atoms with van der Waals surface area (Å²) in [6.07, 6.45) is 1.71. The molecule has 0 bridgehead atoms. The van der Waals surface area contributed by atoms with Crippen LogP contribution in [0.4, 0.5) is 0 Å². The normalized spacial score (nSPS) is 14.7. The van der Waals surface area contributed by atoms with Crippen molar-refractivity contribution in [2.45, 2.75) is 26.0 Å². The summed E-state index contributed by atoms with van der Waals surface area (Å²) in [6, 6.07) is 4.13. The Morgan fingerprint density at radius 2 is 2.28 bits per heavy atom. The summed E-state index contributed by atoms with van der Waals surface area (Å²) in [5.74, 6) is 0. The van der Waals surface area contributed by atoms with Crippen LogP contribution in [0.1, 0.15) is 29.2 Å². The fourth-order valence-corrected chi connectivity index (χ4v) is 2.82. The third kappa shape index (κ3) is 2.80. The molecule has 0 saturated heterocycles. The van der Waals surface area contributed by atoms with Gasteiger partial charge in [0.2, 0.25) is 0 Å². The number of ether oxygens (including phenoxy) is 1. The number of thiophene rings is 1. The van der Waals surface area contributed by atoms with Crippen molar-refractivity contribution >= 4 is 11.3 Å². The number of rotatable bonds is 5. The van der Waals surface area contributed by atoms with Gasteiger partial charge in [-0.05, 0) is 36.9 Å². The van der Waals surface area contributed by atoms with E-state index in [0.29, 0.717) is 6.61 Å². The molecule has 98 valence electrons. The third-order valence-corrected chi connectivity index (χ3v) is 3.86. The minimum atomic E-state index is -0.0801. The zero-order valence-corrected chi connectivity index (χ0v) is 11.8. The number of nitrogens with zero attached hydrogens (tertiary/aromatic N) is 2. The predicted molar refractivity (Wildman–Crippen MR) is 73.7 cm³/mol. The fourth-order valence-electron chi connectivity index (χ4n) is 1.84. The average molecular weight is 265 g/mol. The van der Waals surface area contributed by atoms with E-state index in [-0.39, 0.29) is 12.1 Å². The Hall–Kier alpha value is -1.17. The van der Waals surface area contributed by atoms with Crippen molar-refractivity contribution in [3.05, 3.63) is 39.8 Å². The topological polar surface area (TPSA) is 53.1 Å². The van der Waals surface area contributed by atoms with E-state index in [1.165, 1.54) is 10.4 Å². The molecular formula is C13H19N3OS. The van der Waals surface area contributed by atoms with Crippen molar-refractivity contribution in [3.8, 4) is 0 Å². The highest BCUT2D eigenvalue weighted by Crippen LogP contribution is 2.32. The molecule has 0 aliphatic carbocycles. The number of hydrogen-bond donors (Lipinski definition) is 1. The molecule has 2 heterocycles. The van der Waals surface area contributed by atoms with Gasteiger partial charge in [0.05, 0.1) is 12.3 Å². The highest BCUT2D eigenvalue weighted by molar-refractivity contribution is 7.10. The van der Waals surface area contributed by atoms with E-state index < -0.39 is 0 Å². The van der Waals surface area contributed by atoms with Crippen molar-refractivity contribution in [1.29, 1.82) is 0 Å². The molecule has 2 aromatic rings. The minimum absolute atomic E-state index is 0.0287. The van der Waals surface area contributed by atoms with Gasteiger partial charge in [-0.2, -0.15) is 5.10 Å². The van der Waals surface area contributed by atoms with E-state index in [4.69, 9.17) is 10.5 Å². The van der Waals surface area contributed by atoms with Gasteiger partial charge in [0, 0.05) is 24.2 Å². The van der Waals surface area contributed by atoms with Gasteiger partial charge in [0.15, 0.2) is 0 Å². The van der Waals surface area contributed by atoms with Crippen molar-refractivity contribution < 1.29 is 4.74 Å². The first kappa shape index (κ1) is 13.3. The molecule has 0 fully saturated rings. The van der Waals surface area contributed by atoms with Crippen LogP contribution in [0.2, 0.25) is 0 Å². The van der Waals surface area contributed by atoms with E-state index >= 15 is 0 Å². The van der Waals surface area contributed by atoms with Crippen molar-refractivity contribution in [3.63, 3.8) is 0 Å². The average Bonchev–Trinajstić information content (AvgIpc) is 2.90. The van der Waals surface area contributed by atoms with Gasteiger partial charge in [-0.3, -0.25) is 4.68 Å². The molecule has 2 aromatic heterocycles. The lowest BCUT2D eigenvalue weighted by Crippen LogP contribution is -2.24. The molecule has 0 aliphatic rings. The summed E-state index contributed by atoms with van der Waals surface area (Å²) in [7, 11) is 1.93. The van der Waals surface area contributed by atoms with Gasteiger partial charge in [0.25, 0.3) is 0 Å². The van der Waals surface area contributed by atoms with Crippen molar-refractivity contribution in [2.24, 2.45) is 12.8 Å². The van der Waals surface area contributed by atoms with Gasteiger partial charge >= 0.3 is 0 Å². The van der Waals surface area contributed by atoms with Crippen LogP contribution in [-0.2, 0) is 11.8 Å². The zero-order valence-electron chi connectivity index (χ0n) is 11.0. The first-order valence-electron chi connectivity index (χ1n) is 5.98.